The van der Waals surface area contributed by atoms with E-state index in [2.05, 4.69) is 4.74 Å². The van der Waals surface area contributed by atoms with Crippen molar-refractivity contribution in [2.45, 2.75) is 34.6 Å². The van der Waals surface area contributed by atoms with Crippen molar-refractivity contribution in [3.8, 4) is 5.75 Å². The molecular formula is C14H15F5O2. The zero-order valence-corrected chi connectivity index (χ0v) is 12.2. The van der Waals surface area contributed by atoms with Gasteiger partial charge in [0.05, 0.1) is 5.41 Å². The van der Waals surface area contributed by atoms with Gasteiger partial charge in [0.1, 0.15) is 0 Å². The Morgan fingerprint density at radius 2 is 1.10 bits per heavy atom. The molecule has 21 heavy (non-hydrogen) atoms. The van der Waals surface area contributed by atoms with Gasteiger partial charge in [0, 0.05) is 0 Å². The standard InChI is InChI=1S/C14H15F5O2/c1-13(2,3)14(4,5)12(20)21-11-9(18)7(16)6(15)8(17)10(11)19/h1-5H3. The first-order valence-corrected chi connectivity index (χ1v) is 6.06. The van der Waals surface area contributed by atoms with E-state index in [1.54, 1.807) is 20.8 Å². The van der Waals surface area contributed by atoms with Crippen LogP contribution in [0.5, 0.6) is 5.75 Å². The van der Waals surface area contributed by atoms with Crippen LogP contribution in [-0.4, -0.2) is 5.97 Å². The highest BCUT2D eigenvalue weighted by Gasteiger charge is 2.42. The van der Waals surface area contributed by atoms with E-state index in [9.17, 15) is 26.7 Å². The van der Waals surface area contributed by atoms with Crippen molar-refractivity contribution in [1.82, 2.24) is 0 Å². The molecule has 0 atom stereocenters. The van der Waals surface area contributed by atoms with Crippen LogP contribution in [0, 0.1) is 39.9 Å². The number of benzene rings is 1. The molecule has 0 saturated heterocycles. The summed E-state index contributed by atoms with van der Waals surface area (Å²) in [5.74, 6) is -13.7. The van der Waals surface area contributed by atoms with Gasteiger partial charge in [-0.2, -0.15) is 8.78 Å². The van der Waals surface area contributed by atoms with Crippen LogP contribution >= 0.6 is 0 Å². The lowest BCUT2D eigenvalue weighted by Crippen LogP contribution is -2.40. The minimum absolute atomic E-state index is 0.659. The average molecular weight is 310 g/mol. The van der Waals surface area contributed by atoms with Gasteiger partial charge in [-0.05, 0) is 19.3 Å². The molecule has 0 saturated carbocycles. The summed E-state index contributed by atoms with van der Waals surface area (Å²) in [4.78, 5) is 12.0. The van der Waals surface area contributed by atoms with Crippen molar-refractivity contribution >= 4 is 5.97 Å². The summed E-state index contributed by atoms with van der Waals surface area (Å²) in [5.41, 5.74) is -1.87. The second-order valence-electron chi connectivity index (χ2n) is 6.16. The molecule has 0 aliphatic heterocycles. The van der Waals surface area contributed by atoms with Gasteiger partial charge >= 0.3 is 5.97 Å². The Labute approximate surface area is 118 Å². The summed E-state index contributed by atoms with van der Waals surface area (Å²) in [6, 6.07) is 0. The summed E-state index contributed by atoms with van der Waals surface area (Å²) in [6.07, 6.45) is 0. The molecule has 0 heterocycles. The smallest absolute Gasteiger partial charge is 0.317 e. The van der Waals surface area contributed by atoms with Crippen molar-refractivity contribution in [2.75, 3.05) is 0 Å². The summed E-state index contributed by atoms with van der Waals surface area (Å²) < 4.78 is 70.3. The molecular weight excluding hydrogens is 295 g/mol. The van der Waals surface area contributed by atoms with E-state index >= 15 is 0 Å². The molecule has 0 N–H and O–H groups in total. The average Bonchev–Trinajstić information content (AvgIpc) is 2.37. The summed E-state index contributed by atoms with van der Waals surface area (Å²) in [7, 11) is 0. The van der Waals surface area contributed by atoms with Gasteiger partial charge in [-0.15, -0.1) is 0 Å². The van der Waals surface area contributed by atoms with Gasteiger partial charge in [-0.25, -0.2) is 13.2 Å². The number of hydrogen-bond acceptors (Lipinski definition) is 2. The molecule has 0 unspecified atom stereocenters. The highest BCUT2D eigenvalue weighted by atomic mass is 19.2. The number of carbonyl (C=O) groups excluding carboxylic acids is 1. The number of hydrogen-bond donors (Lipinski definition) is 0. The predicted molar refractivity (Wildman–Crippen MR) is 65.1 cm³/mol. The van der Waals surface area contributed by atoms with E-state index < -0.39 is 51.6 Å². The number of rotatable bonds is 2. The topological polar surface area (TPSA) is 26.3 Å². The van der Waals surface area contributed by atoms with E-state index in [1.165, 1.54) is 13.8 Å². The quantitative estimate of drug-likeness (QED) is 0.267. The maximum Gasteiger partial charge on any atom is 0.317 e. The Morgan fingerprint density at radius 1 is 0.762 bits per heavy atom. The first kappa shape index (κ1) is 17.4. The molecule has 1 rings (SSSR count). The molecule has 1 aromatic carbocycles. The molecule has 0 fully saturated rings. The number of ether oxygens (including phenoxy) is 1. The molecule has 0 amide bonds. The van der Waals surface area contributed by atoms with E-state index in [-0.39, 0.29) is 0 Å². The lowest BCUT2D eigenvalue weighted by molar-refractivity contribution is -0.150. The van der Waals surface area contributed by atoms with Crippen LogP contribution in [0.15, 0.2) is 0 Å². The zero-order valence-electron chi connectivity index (χ0n) is 12.2. The second-order valence-corrected chi connectivity index (χ2v) is 6.16. The van der Waals surface area contributed by atoms with Crippen LogP contribution in [-0.2, 0) is 4.79 Å². The molecule has 0 aliphatic rings. The Kier molecular flexibility index (Phi) is 4.37. The first-order valence-electron chi connectivity index (χ1n) is 6.06. The molecule has 0 radical (unpaired) electrons. The van der Waals surface area contributed by atoms with Gasteiger partial charge in [-0.1, -0.05) is 20.8 Å². The van der Waals surface area contributed by atoms with Crippen LogP contribution in [0.1, 0.15) is 34.6 Å². The highest BCUT2D eigenvalue weighted by molar-refractivity contribution is 5.79. The van der Waals surface area contributed by atoms with Crippen LogP contribution in [0.4, 0.5) is 22.0 Å². The minimum Gasteiger partial charge on any atom is -0.420 e. The van der Waals surface area contributed by atoms with Crippen molar-refractivity contribution in [2.24, 2.45) is 10.8 Å². The highest BCUT2D eigenvalue weighted by Crippen LogP contribution is 2.40. The molecule has 7 heteroatoms. The van der Waals surface area contributed by atoms with Crippen LogP contribution in [0.3, 0.4) is 0 Å². The second kappa shape index (κ2) is 5.27. The lowest BCUT2D eigenvalue weighted by atomic mass is 9.69. The van der Waals surface area contributed by atoms with Gasteiger partial charge in [0.15, 0.2) is 0 Å². The Morgan fingerprint density at radius 3 is 1.43 bits per heavy atom. The van der Waals surface area contributed by atoms with Gasteiger partial charge in [0.25, 0.3) is 0 Å². The van der Waals surface area contributed by atoms with Crippen LogP contribution in [0.25, 0.3) is 0 Å². The Hall–Kier alpha value is -1.66. The van der Waals surface area contributed by atoms with Crippen LogP contribution < -0.4 is 4.74 Å². The maximum absolute atomic E-state index is 13.4. The lowest BCUT2D eigenvalue weighted by Gasteiger charge is -2.36. The summed E-state index contributed by atoms with van der Waals surface area (Å²) in [5, 5.41) is 0. The molecule has 0 spiro atoms. The third-order valence-electron chi connectivity index (χ3n) is 3.75. The van der Waals surface area contributed by atoms with Gasteiger partial charge in [0.2, 0.25) is 34.8 Å². The molecule has 0 aromatic heterocycles. The normalized spacial score (nSPS) is 12.5. The number of esters is 1. The molecule has 0 aliphatic carbocycles. The molecule has 2 nitrogen and oxygen atoms in total. The van der Waals surface area contributed by atoms with Crippen molar-refractivity contribution < 1.29 is 31.5 Å². The molecule has 118 valence electrons. The SMILES string of the molecule is CC(C)(C)C(C)(C)C(=O)Oc1c(F)c(F)c(F)c(F)c1F. The summed E-state index contributed by atoms with van der Waals surface area (Å²) in [6.45, 7) is 7.91. The largest absolute Gasteiger partial charge is 0.420 e. The monoisotopic (exact) mass is 310 g/mol. The van der Waals surface area contributed by atoms with Gasteiger partial charge < -0.3 is 4.74 Å². The Balaban J connectivity index is 3.31. The first-order chi connectivity index (χ1) is 9.32. The number of carbonyl (C=O) groups is 1. The van der Waals surface area contributed by atoms with E-state index in [1.807, 2.05) is 0 Å². The van der Waals surface area contributed by atoms with E-state index in [0.717, 1.165) is 0 Å². The fraction of sp³-hybridized carbons (Fsp3) is 0.500. The number of halogens is 5. The zero-order chi connectivity index (χ0) is 16.7. The predicted octanol–water partition coefficient (Wildman–Crippen LogP) is 4.36. The third-order valence-corrected chi connectivity index (χ3v) is 3.75. The summed E-state index contributed by atoms with van der Waals surface area (Å²) >= 11 is 0. The minimum atomic E-state index is -2.31. The Bertz CT molecular complexity index is 559. The molecule has 1 aromatic rings. The van der Waals surface area contributed by atoms with Crippen molar-refractivity contribution in [3.05, 3.63) is 29.1 Å². The third kappa shape index (κ3) is 2.87. The van der Waals surface area contributed by atoms with Crippen molar-refractivity contribution in [3.63, 3.8) is 0 Å². The van der Waals surface area contributed by atoms with Gasteiger partial charge in [-0.3, -0.25) is 4.79 Å². The van der Waals surface area contributed by atoms with Crippen molar-refractivity contribution in [1.29, 1.82) is 0 Å². The fourth-order valence-corrected chi connectivity index (χ4v) is 1.20. The van der Waals surface area contributed by atoms with Crippen LogP contribution in [0.2, 0.25) is 0 Å². The van der Waals surface area contributed by atoms with E-state index in [0.29, 0.717) is 0 Å². The maximum atomic E-state index is 13.4. The fourth-order valence-electron chi connectivity index (χ4n) is 1.20. The van der Waals surface area contributed by atoms with E-state index in [4.69, 9.17) is 0 Å². The molecule has 0 bridgehead atoms.